The summed E-state index contributed by atoms with van der Waals surface area (Å²) in [7, 11) is 0. The largest absolute Gasteiger partial charge is 0.416 e. The molecule has 0 amide bonds. The highest BCUT2D eigenvalue weighted by atomic mass is 19.4. The van der Waals surface area contributed by atoms with Gasteiger partial charge in [0.25, 0.3) is 0 Å². The molecule has 0 atom stereocenters. The van der Waals surface area contributed by atoms with E-state index < -0.39 is 11.7 Å². The summed E-state index contributed by atoms with van der Waals surface area (Å²) in [5, 5.41) is 0. The Bertz CT molecular complexity index is 436. The second-order valence-corrected chi connectivity index (χ2v) is 4.13. The van der Waals surface area contributed by atoms with E-state index >= 15 is 0 Å². The van der Waals surface area contributed by atoms with Gasteiger partial charge in [0.05, 0.1) is 5.56 Å². The van der Waals surface area contributed by atoms with Gasteiger partial charge in [-0.05, 0) is 42.5 Å². The van der Waals surface area contributed by atoms with Crippen LogP contribution < -0.4 is 0 Å². The zero-order chi connectivity index (χ0) is 12.3. The van der Waals surface area contributed by atoms with E-state index in [-0.39, 0.29) is 0 Å². The summed E-state index contributed by atoms with van der Waals surface area (Å²) in [6.45, 7) is 0. The van der Waals surface area contributed by atoms with Gasteiger partial charge in [-0.15, -0.1) is 0 Å². The van der Waals surface area contributed by atoms with E-state index in [0.717, 1.165) is 30.5 Å². The topological polar surface area (TPSA) is 0 Å². The van der Waals surface area contributed by atoms with E-state index in [1.54, 1.807) is 12.1 Å². The minimum absolute atomic E-state index is 0.589. The zero-order valence-corrected chi connectivity index (χ0v) is 9.30. The van der Waals surface area contributed by atoms with Crippen LogP contribution in [0.5, 0.6) is 0 Å². The summed E-state index contributed by atoms with van der Waals surface area (Å²) < 4.78 is 37.1. The Balaban J connectivity index is 2.08. The van der Waals surface area contributed by atoms with Gasteiger partial charge in [-0.25, -0.2) is 0 Å². The summed E-state index contributed by atoms with van der Waals surface area (Å²) >= 11 is 0. The van der Waals surface area contributed by atoms with Crippen LogP contribution in [-0.4, -0.2) is 0 Å². The van der Waals surface area contributed by atoms with Crippen LogP contribution in [-0.2, 0) is 12.6 Å². The SMILES string of the molecule is FC(F)(F)c1ccc(CC2=CCCC=C2)cc1. The van der Waals surface area contributed by atoms with Gasteiger partial charge in [-0.3, -0.25) is 0 Å². The Morgan fingerprint density at radius 3 is 2.24 bits per heavy atom. The number of alkyl halides is 3. The predicted molar refractivity (Wildman–Crippen MR) is 61.6 cm³/mol. The highest BCUT2D eigenvalue weighted by Crippen LogP contribution is 2.29. The van der Waals surface area contributed by atoms with E-state index in [2.05, 4.69) is 12.2 Å². The molecule has 0 spiro atoms. The van der Waals surface area contributed by atoms with E-state index in [9.17, 15) is 13.2 Å². The van der Waals surface area contributed by atoms with Crippen molar-refractivity contribution in [2.75, 3.05) is 0 Å². The van der Waals surface area contributed by atoms with E-state index in [4.69, 9.17) is 0 Å². The highest BCUT2D eigenvalue weighted by Gasteiger charge is 2.29. The normalized spacial score (nSPS) is 15.8. The minimum Gasteiger partial charge on any atom is -0.166 e. The molecule has 0 radical (unpaired) electrons. The summed E-state index contributed by atoms with van der Waals surface area (Å²) in [6.07, 6.45) is 4.80. The molecule has 0 saturated heterocycles. The molecule has 0 heterocycles. The maximum Gasteiger partial charge on any atom is 0.416 e. The van der Waals surface area contributed by atoms with E-state index in [1.165, 1.54) is 5.57 Å². The van der Waals surface area contributed by atoms with Crippen molar-refractivity contribution in [2.45, 2.75) is 25.4 Å². The highest BCUT2D eigenvalue weighted by molar-refractivity contribution is 5.32. The fraction of sp³-hybridized carbons (Fsp3) is 0.286. The molecule has 0 nitrogen and oxygen atoms in total. The van der Waals surface area contributed by atoms with Crippen molar-refractivity contribution in [3.8, 4) is 0 Å². The third-order valence-electron chi connectivity index (χ3n) is 2.76. The van der Waals surface area contributed by atoms with Crippen molar-refractivity contribution in [3.05, 3.63) is 59.2 Å². The van der Waals surface area contributed by atoms with Crippen LogP contribution >= 0.6 is 0 Å². The number of hydrogen-bond donors (Lipinski definition) is 0. The van der Waals surface area contributed by atoms with Gasteiger partial charge in [0.1, 0.15) is 0 Å². The molecular formula is C14H13F3. The van der Waals surface area contributed by atoms with Gasteiger partial charge in [0.2, 0.25) is 0 Å². The van der Waals surface area contributed by atoms with Crippen LogP contribution in [0.15, 0.2) is 48.1 Å². The standard InChI is InChI=1S/C14H13F3/c15-14(16,17)13-8-6-12(7-9-13)10-11-4-2-1-3-5-11/h2,4-9H,1,3,10H2. The third kappa shape index (κ3) is 3.22. The summed E-state index contributed by atoms with van der Waals surface area (Å²) in [5.41, 5.74) is 1.50. The molecule has 1 aliphatic carbocycles. The van der Waals surface area contributed by atoms with Gasteiger partial charge in [-0.1, -0.05) is 30.4 Å². The third-order valence-corrected chi connectivity index (χ3v) is 2.76. The fourth-order valence-corrected chi connectivity index (χ4v) is 1.85. The first-order valence-electron chi connectivity index (χ1n) is 5.57. The number of hydrogen-bond acceptors (Lipinski definition) is 0. The first kappa shape index (κ1) is 12.0. The molecule has 0 fully saturated rings. The van der Waals surface area contributed by atoms with E-state index in [0.29, 0.717) is 6.42 Å². The summed E-state index contributed by atoms with van der Waals surface area (Å²) in [5.74, 6) is 0. The lowest BCUT2D eigenvalue weighted by atomic mass is 9.99. The molecule has 17 heavy (non-hydrogen) atoms. The lowest BCUT2D eigenvalue weighted by molar-refractivity contribution is -0.137. The van der Waals surface area contributed by atoms with Gasteiger partial charge >= 0.3 is 6.18 Å². The van der Waals surface area contributed by atoms with Crippen molar-refractivity contribution >= 4 is 0 Å². The Kier molecular flexibility index (Phi) is 3.36. The lowest BCUT2D eigenvalue weighted by Crippen LogP contribution is -2.04. The van der Waals surface area contributed by atoms with Gasteiger partial charge in [0.15, 0.2) is 0 Å². The van der Waals surface area contributed by atoms with Crippen LogP contribution in [0.4, 0.5) is 13.2 Å². The van der Waals surface area contributed by atoms with Crippen molar-refractivity contribution in [3.63, 3.8) is 0 Å². The molecule has 3 heteroatoms. The monoisotopic (exact) mass is 238 g/mol. The molecule has 0 N–H and O–H groups in total. The maximum absolute atomic E-state index is 12.4. The number of halogens is 3. The van der Waals surface area contributed by atoms with Gasteiger partial charge < -0.3 is 0 Å². The van der Waals surface area contributed by atoms with Crippen molar-refractivity contribution < 1.29 is 13.2 Å². The Hall–Kier alpha value is -1.51. The number of allylic oxidation sites excluding steroid dienone is 4. The number of rotatable bonds is 2. The van der Waals surface area contributed by atoms with E-state index in [1.807, 2.05) is 6.08 Å². The van der Waals surface area contributed by atoms with Gasteiger partial charge in [0, 0.05) is 0 Å². The first-order valence-corrected chi connectivity index (χ1v) is 5.57. The average Bonchev–Trinajstić information content (AvgIpc) is 2.30. The Morgan fingerprint density at radius 2 is 1.71 bits per heavy atom. The van der Waals surface area contributed by atoms with Crippen LogP contribution in [0, 0.1) is 0 Å². The first-order chi connectivity index (χ1) is 8.05. The number of benzene rings is 1. The predicted octanol–water partition coefficient (Wildman–Crippen LogP) is 4.52. The molecule has 0 aliphatic heterocycles. The molecule has 0 bridgehead atoms. The summed E-state index contributed by atoms with van der Waals surface area (Å²) in [6, 6.07) is 5.38. The molecule has 2 rings (SSSR count). The molecule has 90 valence electrons. The van der Waals surface area contributed by atoms with Crippen LogP contribution in [0.25, 0.3) is 0 Å². The molecule has 0 aromatic heterocycles. The molecule has 1 aliphatic rings. The van der Waals surface area contributed by atoms with Crippen LogP contribution in [0.3, 0.4) is 0 Å². The second-order valence-electron chi connectivity index (χ2n) is 4.13. The van der Waals surface area contributed by atoms with Crippen LogP contribution in [0.1, 0.15) is 24.0 Å². The van der Waals surface area contributed by atoms with Gasteiger partial charge in [-0.2, -0.15) is 13.2 Å². The molecule has 0 unspecified atom stereocenters. The summed E-state index contributed by atoms with van der Waals surface area (Å²) in [4.78, 5) is 0. The molecular weight excluding hydrogens is 225 g/mol. The fourth-order valence-electron chi connectivity index (χ4n) is 1.85. The molecule has 0 saturated carbocycles. The minimum atomic E-state index is -4.25. The Morgan fingerprint density at radius 1 is 1.00 bits per heavy atom. The van der Waals surface area contributed by atoms with Crippen molar-refractivity contribution in [1.29, 1.82) is 0 Å². The smallest absolute Gasteiger partial charge is 0.166 e. The maximum atomic E-state index is 12.4. The lowest BCUT2D eigenvalue weighted by Gasteiger charge is -2.09. The average molecular weight is 238 g/mol. The van der Waals surface area contributed by atoms with Crippen molar-refractivity contribution in [2.24, 2.45) is 0 Å². The molecule has 1 aromatic rings. The second kappa shape index (κ2) is 4.78. The quantitative estimate of drug-likeness (QED) is 0.710. The molecule has 1 aromatic carbocycles. The Labute approximate surface area is 98.5 Å². The zero-order valence-electron chi connectivity index (χ0n) is 9.30. The van der Waals surface area contributed by atoms with Crippen molar-refractivity contribution in [1.82, 2.24) is 0 Å². The van der Waals surface area contributed by atoms with Crippen LogP contribution in [0.2, 0.25) is 0 Å².